The van der Waals surface area contributed by atoms with E-state index in [4.69, 9.17) is 11.6 Å². The van der Waals surface area contributed by atoms with Crippen molar-refractivity contribution in [3.63, 3.8) is 0 Å². The largest absolute Gasteiger partial charge is 0.480 e. The Morgan fingerprint density at radius 3 is 2.67 bits per heavy atom. The quantitative estimate of drug-likeness (QED) is 0.558. The number of carboxylic acid groups (broad SMARTS) is 1. The molecule has 1 unspecified atom stereocenters. The van der Waals surface area contributed by atoms with Gasteiger partial charge in [0.1, 0.15) is 23.3 Å². The van der Waals surface area contributed by atoms with Gasteiger partial charge in [0.2, 0.25) is 11.8 Å². The third-order valence-electron chi connectivity index (χ3n) is 3.11. The minimum absolute atomic E-state index is 0.215. The molecule has 2 amide bonds. The number of amides is 2. The molecule has 0 aromatic carbocycles. The molecule has 0 aromatic rings. The first kappa shape index (κ1) is 13.5. The summed E-state index contributed by atoms with van der Waals surface area (Å²) in [5.41, 5.74) is 0. The zero-order valence-corrected chi connectivity index (χ0v) is 11.4. The van der Waals surface area contributed by atoms with Crippen LogP contribution in [0.25, 0.3) is 0 Å². The number of thioether (sulfide) groups is 1. The van der Waals surface area contributed by atoms with E-state index < -0.39 is 28.7 Å². The minimum Gasteiger partial charge on any atom is -0.480 e. The number of carbonyl (C=O) groups is 3. The molecule has 0 aromatic heterocycles. The molecule has 6 nitrogen and oxygen atoms in total. The highest BCUT2D eigenvalue weighted by Crippen LogP contribution is 2.50. The Morgan fingerprint density at radius 1 is 1.56 bits per heavy atom. The summed E-state index contributed by atoms with van der Waals surface area (Å²) < 4.78 is -0.577. The van der Waals surface area contributed by atoms with E-state index in [0.717, 1.165) is 0 Å². The van der Waals surface area contributed by atoms with Crippen LogP contribution in [0.1, 0.15) is 13.8 Å². The molecular formula is C10H13ClN2O4S. The van der Waals surface area contributed by atoms with Crippen LogP contribution < -0.4 is 5.32 Å². The molecule has 18 heavy (non-hydrogen) atoms. The van der Waals surface area contributed by atoms with Crippen molar-refractivity contribution in [1.29, 1.82) is 0 Å². The van der Waals surface area contributed by atoms with Gasteiger partial charge >= 0.3 is 5.97 Å². The number of aliphatic carboxylic acids is 1. The summed E-state index contributed by atoms with van der Waals surface area (Å²) in [5.74, 6) is -2.02. The van der Waals surface area contributed by atoms with Gasteiger partial charge in [0.15, 0.2) is 0 Å². The smallest absolute Gasteiger partial charge is 0.327 e. The van der Waals surface area contributed by atoms with Crippen LogP contribution in [0.2, 0.25) is 0 Å². The van der Waals surface area contributed by atoms with Gasteiger partial charge in [-0.15, -0.1) is 23.4 Å². The number of hydrogen-bond donors (Lipinski definition) is 2. The Labute approximate surface area is 113 Å². The van der Waals surface area contributed by atoms with Crippen molar-refractivity contribution in [1.82, 2.24) is 10.2 Å². The van der Waals surface area contributed by atoms with E-state index in [1.807, 2.05) is 0 Å². The minimum atomic E-state index is -1.02. The van der Waals surface area contributed by atoms with Crippen molar-refractivity contribution in [2.45, 2.75) is 36.1 Å². The monoisotopic (exact) mass is 292 g/mol. The Bertz CT molecular complexity index is 428. The number of halogens is 1. The van der Waals surface area contributed by atoms with E-state index in [0.29, 0.717) is 0 Å². The normalized spacial score (nSPS) is 32.7. The first-order chi connectivity index (χ1) is 8.29. The van der Waals surface area contributed by atoms with Crippen LogP contribution in [0.4, 0.5) is 0 Å². The zero-order chi connectivity index (χ0) is 13.7. The van der Waals surface area contributed by atoms with Gasteiger partial charge in [-0.2, -0.15) is 0 Å². The molecule has 2 saturated heterocycles. The molecular weight excluding hydrogens is 280 g/mol. The molecule has 0 radical (unpaired) electrons. The van der Waals surface area contributed by atoms with Gasteiger partial charge in [-0.05, 0) is 13.8 Å². The van der Waals surface area contributed by atoms with Gasteiger partial charge in [0, 0.05) is 4.75 Å². The molecule has 2 rings (SSSR count). The molecule has 2 heterocycles. The number of hydrogen-bond acceptors (Lipinski definition) is 4. The number of alkyl halides is 1. The summed E-state index contributed by atoms with van der Waals surface area (Å²) in [4.78, 5) is 35.6. The Balaban J connectivity index is 2.16. The standard InChI is InChI=1S/C10H13ClN2O4S/c1-10(2)6(9(16)17)13-7(15)5(8(13)18-10)12-4(14)3-11/h5-6,8H,3H2,1-2H3,(H,12,14)(H,16,17)/t5?,6-,8+/m0/s1. The first-order valence-corrected chi connectivity index (χ1v) is 6.79. The number of fused-ring (bicyclic) bond motifs is 1. The molecule has 2 N–H and O–H groups in total. The van der Waals surface area contributed by atoms with Crippen LogP contribution in [0.5, 0.6) is 0 Å². The van der Waals surface area contributed by atoms with Crippen LogP contribution in [-0.2, 0) is 14.4 Å². The van der Waals surface area contributed by atoms with E-state index in [1.54, 1.807) is 13.8 Å². The molecule has 0 bridgehead atoms. The molecule has 0 saturated carbocycles. The van der Waals surface area contributed by atoms with Crippen LogP contribution in [0.3, 0.4) is 0 Å². The van der Waals surface area contributed by atoms with Crippen LogP contribution >= 0.6 is 23.4 Å². The number of nitrogens with zero attached hydrogens (tertiary/aromatic N) is 1. The lowest BCUT2D eigenvalue weighted by molar-refractivity contribution is -0.160. The molecule has 2 aliphatic heterocycles. The molecule has 2 fully saturated rings. The van der Waals surface area contributed by atoms with Gasteiger partial charge in [0.25, 0.3) is 0 Å². The zero-order valence-electron chi connectivity index (χ0n) is 9.84. The van der Waals surface area contributed by atoms with E-state index >= 15 is 0 Å². The lowest BCUT2D eigenvalue weighted by atomic mass is 9.96. The average molecular weight is 293 g/mol. The van der Waals surface area contributed by atoms with Gasteiger partial charge < -0.3 is 15.3 Å². The molecule has 100 valence electrons. The molecule has 8 heteroatoms. The fourth-order valence-electron chi connectivity index (χ4n) is 2.36. The summed E-state index contributed by atoms with van der Waals surface area (Å²) in [6, 6.07) is -1.52. The predicted octanol–water partition coefficient (Wildman–Crippen LogP) is -0.143. The maximum atomic E-state index is 11.9. The molecule has 3 atom stereocenters. The van der Waals surface area contributed by atoms with E-state index in [1.165, 1.54) is 16.7 Å². The number of carboxylic acids is 1. The fraction of sp³-hybridized carbons (Fsp3) is 0.700. The summed E-state index contributed by atoms with van der Waals surface area (Å²) in [6.45, 7) is 3.56. The van der Waals surface area contributed by atoms with Crippen LogP contribution in [-0.4, -0.2) is 55.9 Å². The van der Waals surface area contributed by atoms with Crippen molar-refractivity contribution in [3.8, 4) is 0 Å². The van der Waals surface area contributed by atoms with Crippen molar-refractivity contribution in [3.05, 3.63) is 0 Å². The highest BCUT2D eigenvalue weighted by molar-refractivity contribution is 8.01. The molecule has 0 aliphatic carbocycles. The number of rotatable bonds is 3. The fourth-order valence-corrected chi connectivity index (χ4v) is 4.06. The van der Waals surface area contributed by atoms with E-state index in [2.05, 4.69) is 5.32 Å². The number of nitrogens with one attached hydrogen (secondary N) is 1. The lowest BCUT2D eigenvalue weighted by Crippen LogP contribution is -2.70. The molecule has 0 spiro atoms. The Kier molecular flexibility index (Phi) is 3.23. The van der Waals surface area contributed by atoms with Gasteiger partial charge in [-0.1, -0.05) is 0 Å². The van der Waals surface area contributed by atoms with Crippen molar-refractivity contribution in [2.75, 3.05) is 5.88 Å². The van der Waals surface area contributed by atoms with Gasteiger partial charge in [-0.25, -0.2) is 4.79 Å². The summed E-state index contributed by atoms with van der Waals surface area (Å²) >= 11 is 6.75. The van der Waals surface area contributed by atoms with Crippen LogP contribution in [0.15, 0.2) is 0 Å². The Hall–Kier alpha value is -0.950. The first-order valence-electron chi connectivity index (χ1n) is 5.37. The summed E-state index contributed by atoms with van der Waals surface area (Å²) in [6.07, 6.45) is 0. The predicted molar refractivity (Wildman–Crippen MR) is 66.4 cm³/mol. The van der Waals surface area contributed by atoms with E-state index in [9.17, 15) is 19.5 Å². The third kappa shape index (κ3) is 1.85. The highest BCUT2D eigenvalue weighted by atomic mass is 35.5. The maximum absolute atomic E-state index is 11.9. The number of carbonyl (C=O) groups excluding carboxylic acids is 2. The number of β-lactam (4-membered cyclic amide) rings is 1. The second kappa shape index (κ2) is 4.31. The van der Waals surface area contributed by atoms with Crippen molar-refractivity contribution >= 4 is 41.1 Å². The molecule has 2 aliphatic rings. The van der Waals surface area contributed by atoms with Crippen LogP contribution in [0, 0.1) is 0 Å². The summed E-state index contributed by atoms with van der Waals surface area (Å²) in [7, 11) is 0. The summed E-state index contributed by atoms with van der Waals surface area (Å²) in [5, 5.41) is 11.4. The van der Waals surface area contributed by atoms with Crippen molar-refractivity contribution < 1.29 is 19.5 Å². The maximum Gasteiger partial charge on any atom is 0.327 e. The second-order valence-electron chi connectivity index (χ2n) is 4.78. The van der Waals surface area contributed by atoms with E-state index in [-0.39, 0.29) is 17.2 Å². The van der Waals surface area contributed by atoms with Gasteiger partial charge in [0.05, 0.1) is 0 Å². The third-order valence-corrected chi connectivity index (χ3v) is 4.93. The second-order valence-corrected chi connectivity index (χ2v) is 6.82. The van der Waals surface area contributed by atoms with Gasteiger partial charge in [-0.3, -0.25) is 9.59 Å². The SMILES string of the molecule is CC1(C)S[C@@H]2C(NC(=O)CCl)C(=O)N2[C@H]1C(=O)O. The Morgan fingerprint density at radius 2 is 2.17 bits per heavy atom. The highest BCUT2D eigenvalue weighted by Gasteiger charge is 2.64. The van der Waals surface area contributed by atoms with Crippen molar-refractivity contribution in [2.24, 2.45) is 0 Å². The average Bonchev–Trinajstić information content (AvgIpc) is 2.54. The lowest BCUT2D eigenvalue weighted by Gasteiger charge is -2.43. The topological polar surface area (TPSA) is 86.7 Å².